The van der Waals surface area contributed by atoms with Gasteiger partial charge >= 0.3 is 6.03 Å². The molecule has 6 nitrogen and oxygen atoms in total. The van der Waals surface area contributed by atoms with Gasteiger partial charge in [0.15, 0.2) is 11.5 Å². The predicted octanol–water partition coefficient (Wildman–Crippen LogP) is 3.49. The zero-order valence-electron chi connectivity index (χ0n) is 14.4. The quantitative estimate of drug-likeness (QED) is 0.789. The van der Waals surface area contributed by atoms with E-state index in [-0.39, 0.29) is 12.8 Å². The van der Waals surface area contributed by atoms with Crippen molar-refractivity contribution in [3.05, 3.63) is 47.5 Å². The molecule has 1 heterocycles. The number of para-hydroxylation sites is 1. The number of carbonyl (C=O) groups is 1. The van der Waals surface area contributed by atoms with Crippen LogP contribution in [0.3, 0.4) is 0 Å². The predicted molar refractivity (Wildman–Crippen MR) is 95.6 cm³/mol. The van der Waals surface area contributed by atoms with Gasteiger partial charge in [-0.05, 0) is 36.6 Å². The lowest BCUT2D eigenvalue weighted by Crippen LogP contribution is -2.32. The summed E-state index contributed by atoms with van der Waals surface area (Å²) < 4.78 is 16.2. The number of urea groups is 1. The van der Waals surface area contributed by atoms with Crippen molar-refractivity contribution in [3.8, 4) is 17.2 Å². The summed E-state index contributed by atoms with van der Waals surface area (Å²) in [6, 6.07) is 11.2. The molecule has 0 saturated heterocycles. The van der Waals surface area contributed by atoms with Crippen LogP contribution in [-0.2, 0) is 6.42 Å². The minimum absolute atomic E-state index is 0.235. The molecule has 25 heavy (non-hydrogen) atoms. The van der Waals surface area contributed by atoms with Crippen LogP contribution in [0.2, 0.25) is 0 Å². The number of fused-ring (bicyclic) bond motifs is 1. The fourth-order valence-corrected chi connectivity index (χ4v) is 2.66. The van der Waals surface area contributed by atoms with E-state index < -0.39 is 0 Å². The van der Waals surface area contributed by atoms with Gasteiger partial charge in [0.2, 0.25) is 6.79 Å². The molecular weight excluding hydrogens is 320 g/mol. The number of anilines is 1. The van der Waals surface area contributed by atoms with E-state index >= 15 is 0 Å². The largest absolute Gasteiger partial charge is 0.492 e. The Balaban J connectivity index is 1.45. The summed E-state index contributed by atoms with van der Waals surface area (Å²) in [4.78, 5) is 12.1. The Morgan fingerprint density at radius 2 is 2.04 bits per heavy atom. The summed E-state index contributed by atoms with van der Waals surface area (Å²) in [6.07, 6.45) is 0.866. The Hall–Kier alpha value is -2.89. The number of carbonyl (C=O) groups excluding carboxylic acids is 1. The van der Waals surface area contributed by atoms with E-state index in [0.29, 0.717) is 24.7 Å². The number of hydrogen-bond donors (Lipinski definition) is 2. The van der Waals surface area contributed by atoms with Gasteiger partial charge in [0, 0.05) is 11.8 Å². The third-order valence-corrected chi connectivity index (χ3v) is 3.98. The molecule has 2 aromatic carbocycles. The van der Waals surface area contributed by atoms with Gasteiger partial charge in [-0.1, -0.05) is 25.1 Å². The first-order valence-corrected chi connectivity index (χ1v) is 8.33. The fourth-order valence-electron chi connectivity index (χ4n) is 2.66. The molecule has 1 aliphatic heterocycles. The monoisotopic (exact) mass is 342 g/mol. The SMILES string of the molecule is CCc1cccc(C)c1NC(=O)NCCOc1ccc2c(c1)OCO2. The second kappa shape index (κ2) is 7.79. The number of hydrogen-bond acceptors (Lipinski definition) is 4. The first kappa shape index (κ1) is 17.0. The zero-order valence-corrected chi connectivity index (χ0v) is 14.4. The molecule has 132 valence electrons. The van der Waals surface area contributed by atoms with Crippen LogP contribution in [-0.4, -0.2) is 26.0 Å². The normalized spacial score (nSPS) is 11.9. The van der Waals surface area contributed by atoms with E-state index in [4.69, 9.17) is 14.2 Å². The average molecular weight is 342 g/mol. The van der Waals surface area contributed by atoms with Gasteiger partial charge in [-0.15, -0.1) is 0 Å². The molecule has 0 unspecified atom stereocenters. The molecule has 0 aromatic heterocycles. The molecule has 1 aliphatic rings. The van der Waals surface area contributed by atoms with E-state index in [2.05, 4.69) is 17.6 Å². The van der Waals surface area contributed by atoms with E-state index in [1.807, 2.05) is 37.3 Å². The lowest BCUT2D eigenvalue weighted by Gasteiger charge is -2.14. The zero-order chi connectivity index (χ0) is 17.6. The van der Waals surface area contributed by atoms with Crippen molar-refractivity contribution < 1.29 is 19.0 Å². The van der Waals surface area contributed by atoms with Crippen LogP contribution in [0.25, 0.3) is 0 Å². The standard InChI is InChI=1S/C19H22N2O4/c1-3-14-6-4-5-13(2)18(14)21-19(22)20-9-10-23-15-7-8-16-17(11-15)25-12-24-16/h4-8,11H,3,9-10,12H2,1-2H3,(H2,20,21,22). The van der Waals surface area contributed by atoms with Crippen LogP contribution in [0, 0.1) is 6.92 Å². The van der Waals surface area contributed by atoms with E-state index in [1.54, 1.807) is 6.07 Å². The van der Waals surface area contributed by atoms with Crippen LogP contribution < -0.4 is 24.8 Å². The van der Waals surface area contributed by atoms with Crippen molar-refractivity contribution in [2.75, 3.05) is 25.3 Å². The minimum Gasteiger partial charge on any atom is -0.492 e. The first-order valence-electron chi connectivity index (χ1n) is 8.33. The average Bonchev–Trinajstić information content (AvgIpc) is 3.08. The van der Waals surface area contributed by atoms with Crippen molar-refractivity contribution in [2.24, 2.45) is 0 Å². The molecule has 0 atom stereocenters. The molecule has 0 aliphatic carbocycles. The molecule has 0 bridgehead atoms. The van der Waals surface area contributed by atoms with Gasteiger partial charge in [-0.2, -0.15) is 0 Å². The van der Waals surface area contributed by atoms with Crippen LogP contribution in [0.15, 0.2) is 36.4 Å². The second-order valence-corrected chi connectivity index (χ2v) is 5.71. The van der Waals surface area contributed by atoms with E-state index in [0.717, 1.165) is 29.0 Å². The number of benzene rings is 2. The molecule has 2 amide bonds. The van der Waals surface area contributed by atoms with E-state index in [9.17, 15) is 4.79 Å². The summed E-state index contributed by atoms with van der Waals surface area (Å²) in [5.74, 6) is 2.07. The number of amides is 2. The lowest BCUT2D eigenvalue weighted by molar-refractivity contribution is 0.173. The van der Waals surface area contributed by atoms with Gasteiger partial charge in [0.1, 0.15) is 12.4 Å². The summed E-state index contributed by atoms with van der Waals surface area (Å²) >= 11 is 0. The van der Waals surface area contributed by atoms with Crippen LogP contribution in [0.1, 0.15) is 18.1 Å². The van der Waals surface area contributed by atoms with Crippen molar-refractivity contribution >= 4 is 11.7 Å². The molecule has 6 heteroatoms. The third-order valence-electron chi connectivity index (χ3n) is 3.98. The summed E-state index contributed by atoms with van der Waals surface area (Å²) in [6.45, 7) is 5.04. The van der Waals surface area contributed by atoms with Gasteiger partial charge in [0.25, 0.3) is 0 Å². The molecular formula is C19H22N2O4. The van der Waals surface area contributed by atoms with Gasteiger partial charge in [-0.25, -0.2) is 4.79 Å². The molecule has 3 rings (SSSR count). The van der Waals surface area contributed by atoms with Gasteiger partial charge < -0.3 is 24.8 Å². The maximum atomic E-state index is 12.1. The summed E-state index contributed by atoms with van der Waals surface area (Å²) in [5, 5.41) is 5.72. The number of rotatable bonds is 6. The summed E-state index contributed by atoms with van der Waals surface area (Å²) in [7, 11) is 0. The molecule has 2 aromatic rings. The van der Waals surface area contributed by atoms with Crippen LogP contribution in [0.4, 0.5) is 10.5 Å². The number of nitrogens with one attached hydrogen (secondary N) is 2. The maximum absolute atomic E-state index is 12.1. The molecule has 0 spiro atoms. The first-order chi connectivity index (χ1) is 12.2. The highest BCUT2D eigenvalue weighted by Gasteiger charge is 2.13. The van der Waals surface area contributed by atoms with Crippen molar-refractivity contribution in [1.29, 1.82) is 0 Å². The number of aryl methyl sites for hydroxylation is 2. The Labute approximate surface area is 147 Å². The highest BCUT2D eigenvalue weighted by atomic mass is 16.7. The Kier molecular flexibility index (Phi) is 5.28. The van der Waals surface area contributed by atoms with Gasteiger partial charge in [-0.3, -0.25) is 0 Å². The Morgan fingerprint density at radius 1 is 1.20 bits per heavy atom. The third kappa shape index (κ3) is 4.15. The maximum Gasteiger partial charge on any atom is 0.319 e. The fraction of sp³-hybridized carbons (Fsp3) is 0.316. The Morgan fingerprint density at radius 3 is 2.88 bits per heavy atom. The topological polar surface area (TPSA) is 68.8 Å². The van der Waals surface area contributed by atoms with E-state index in [1.165, 1.54) is 0 Å². The van der Waals surface area contributed by atoms with Crippen molar-refractivity contribution in [3.63, 3.8) is 0 Å². The van der Waals surface area contributed by atoms with Crippen LogP contribution in [0.5, 0.6) is 17.2 Å². The van der Waals surface area contributed by atoms with Crippen molar-refractivity contribution in [2.45, 2.75) is 20.3 Å². The highest BCUT2D eigenvalue weighted by Crippen LogP contribution is 2.34. The molecule has 0 fully saturated rings. The highest BCUT2D eigenvalue weighted by molar-refractivity contribution is 5.91. The molecule has 2 N–H and O–H groups in total. The van der Waals surface area contributed by atoms with Crippen LogP contribution >= 0.6 is 0 Å². The van der Waals surface area contributed by atoms with Crippen molar-refractivity contribution in [1.82, 2.24) is 5.32 Å². The lowest BCUT2D eigenvalue weighted by atomic mass is 10.1. The second-order valence-electron chi connectivity index (χ2n) is 5.71. The Bertz CT molecular complexity index is 761. The smallest absolute Gasteiger partial charge is 0.319 e. The number of ether oxygens (including phenoxy) is 3. The molecule has 0 radical (unpaired) electrons. The molecule has 0 saturated carbocycles. The minimum atomic E-state index is -0.238. The summed E-state index contributed by atoms with van der Waals surface area (Å²) in [5.41, 5.74) is 3.04. The van der Waals surface area contributed by atoms with Gasteiger partial charge in [0.05, 0.1) is 6.54 Å².